The molecule has 0 aliphatic heterocycles. The predicted molar refractivity (Wildman–Crippen MR) is 97.9 cm³/mol. The first-order chi connectivity index (χ1) is 12.2. The molecule has 2 N–H and O–H groups in total. The predicted octanol–water partition coefficient (Wildman–Crippen LogP) is 3.86. The van der Waals surface area contributed by atoms with E-state index in [0.29, 0.717) is 29.1 Å². The number of carbonyl (C=O) groups excluding carboxylic acids is 1. The Morgan fingerprint density at radius 2 is 1.92 bits per heavy atom. The Morgan fingerprint density at radius 3 is 2.64 bits per heavy atom. The minimum Gasteiger partial charge on any atom is -0.497 e. The number of hydrogen-bond donors (Lipinski definition) is 2. The number of aromatic nitrogens is 1. The number of ether oxygens (including phenoxy) is 2. The largest absolute Gasteiger partial charge is 0.497 e. The number of hydrazine groups is 1. The molecule has 2 aromatic carbocycles. The van der Waals surface area contributed by atoms with Gasteiger partial charge in [0.15, 0.2) is 0 Å². The second-order valence-electron chi connectivity index (χ2n) is 5.27. The molecule has 1 aromatic heterocycles. The third-order valence-corrected chi connectivity index (χ3v) is 3.68. The quantitative estimate of drug-likeness (QED) is 0.526. The van der Waals surface area contributed by atoms with Crippen LogP contribution >= 0.6 is 0 Å². The number of nitrogens with one attached hydrogen (secondary N) is 2. The van der Waals surface area contributed by atoms with E-state index >= 15 is 0 Å². The van der Waals surface area contributed by atoms with Gasteiger partial charge in [0.05, 0.1) is 30.6 Å². The summed E-state index contributed by atoms with van der Waals surface area (Å²) in [5.74, 6) is 0.274. The van der Waals surface area contributed by atoms with Crippen molar-refractivity contribution >= 4 is 28.2 Å². The maximum atomic E-state index is 12.3. The Morgan fingerprint density at radius 1 is 1.12 bits per heavy atom. The molecule has 0 radical (unpaired) electrons. The van der Waals surface area contributed by atoms with Crippen molar-refractivity contribution in [3.8, 4) is 5.75 Å². The number of fused-ring (bicyclic) bond motifs is 1. The Bertz CT molecular complexity index is 882. The van der Waals surface area contributed by atoms with Crippen molar-refractivity contribution < 1.29 is 14.3 Å². The van der Waals surface area contributed by atoms with Crippen molar-refractivity contribution in [1.82, 2.24) is 4.98 Å². The van der Waals surface area contributed by atoms with Crippen LogP contribution in [-0.4, -0.2) is 24.7 Å². The summed E-state index contributed by atoms with van der Waals surface area (Å²) in [4.78, 5) is 16.6. The molecular weight excluding hydrogens is 318 g/mol. The fraction of sp³-hybridized carbons (Fsp3) is 0.158. The average molecular weight is 337 g/mol. The van der Waals surface area contributed by atoms with Crippen LogP contribution in [0.1, 0.15) is 17.3 Å². The minimum absolute atomic E-state index is 0.297. The first-order valence-corrected chi connectivity index (χ1v) is 7.94. The summed E-state index contributed by atoms with van der Waals surface area (Å²) in [6.45, 7) is 2.07. The lowest BCUT2D eigenvalue weighted by Gasteiger charge is -2.16. The van der Waals surface area contributed by atoms with Crippen LogP contribution in [0, 0.1) is 0 Å². The highest BCUT2D eigenvalue weighted by atomic mass is 16.5. The SMILES string of the molecule is CCOC(=O)c1cnc2cc(OC)ccc2c1NNc1ccccc1. The number of methoxy groups -OCH3 is 1. The van der Waals surface area contributed by atoms with E-state index < -0.39 is 5.97 Å². The summed E-state index contributed by atoms with van der Waals surface area (Å²) in [6, 6.07) is 15.1. The molecule has 0 amide bonds. The molecule has 128 valence electrons. The van der Waals surface area contributed by atoms with E-state index in [1.54, 1.807) is 14.0 Å². The average Bonchev–Trinajstić information content (AvgIpc) is 2.66. The van der Waals surface area contributed by atoms with Gasteiger partial charge in [-0.05, 0) is 31.2 Å². The number of nitrogens with zero attached hydrogens (tertiary/aromatic N) is 1. The molecule has 6 heteroatoms. The van der Waals surface area contributed by atoms with Crippen molar-refractivity contribution in [2.24, 2.45) is 0 Å². The van der Waals surface area contributed by atoms with Crippen LogP contribution in [0.3, 0.4) is 0 Å². The zero-order valence-electron chi connectivity index (χ0n) is 14.1. The molecule has 0 aliphatic carbocycles. The van der Waals surface area contributed by atoms with Gasteiger partial charge in [0, 0.05) is 17.6 Å². The lowest BCUT2D eigenvalue weighted by atomic mass is 10.1. The third kappa shape index (κ3) is 3.63. The molecule has 3 rings (SSSR count). The molecule has 0 saturated carbocycles. The summed E-state index contributed by atoms with van der Waals surface area (Å²) >= 11 is 0. The van der Waals surface area contributed by atoms with Gasteiger partial charge in [-0.15, -0.1) is 0 Å². The smallest absolute Gasteiger partial charge is 0.341 e. The van der Waals surface area contributed by atoms with Crippen molar-refractivity contribution in [2.45, 2.75) is 6.92 Å². The van der Waals surface area contributed by atoms with Gasteiger partial charge >= 0.3 is 5.97 Å². The zero-order chi connectivity index (χ0) is 17.6. The first kappa shape index (κ1) is 16.6. The van der Waals surface area contributed by atoms with E-state index in [4.69, 9.17) is 9.47 Å². The van der Waals surface area contributed by atoms with E-state index in [0.717, 1.165) is 11.1 Å². The third-order valence-electron chi connectivity index (χ3n) is 3.68. The van der Waals surface area contributed by atoms with Crippen LogP contribution in [0.5, 0.6) is 5.75 Å². The van der Waals surface area contributed by atoms with E-state index in [9.17, 15) is 4.79 Å². The number of para-hydroxylation sites is 1. The number of benzene rings is 2. The Hall–Kier alpha value is -3.28. The maximum absolute atomic E-state index is 12.3. The standard InChI is InChI=1S/C19H19N3O3/c1-3-25-19(23)16-12-20-17-11-14(24-2)9-10-15(17)18(16)22-21-13-7-5-4-6-8-13/h4-12,21H,3H2,1-2H3,(H,20,22). The summed E-state index contributed by atoms with van der Waals surface area (Å²) < 4.78 is 10.4. The molecule has 0 bridgehead atoms. The second kappa shape index (κ2) is 7.53. The van der Waals surface area contributed by atoms with Gasteiger partial charge in [0.25, 0.3) is 0 Å². The fourth-order valence-corrected chi connectivity index (χ4v) is 2.45. The molecule has 0 atom stereocenters. The Balaban J connectivity index is 2.03. The van der Waals surface area contributed by atoms with E-state index in [1.807, 2.05) is 48.5 Å². The highest BCUT2D eigenvalue weighted by Gasteiger charge is 2.17. The van der Waals surface area contributed by atoms with E-state index in [1.165, 1.54) is 6.20 Å². The maximum Gasteiger partial charge on any atom is 0.341 e. The van der Waals surface area contributed by atoms with Crippen molar-refractivity contribution in [2.75, 3.05) is 24.6 Å². The molecule has 0 fully saturated rings. The zero-order valence-corrected chi connectivity index (χ0v) is 14.1. The van der Waals surface area contributed by atoms with Gasteiger partial charge in [-0.3, -0.25) is 10.4 Å². The molecule has 3 aromatic rings. The van der Waals surface area contributed by atoms with Crippen LogP contribution in [0.25, 0.3) is 10.9 Å². The highest BCUT2D eigenvalue weighted by molar-refractivity contribution is 6.05. The molecule has 0 saturated heterocycles. The van der Waals surface area contributed by atoms with Gasteiger partial charge in [0.1, 0.15) is 11.3 Å². The topological polar surface area (TPSA) is 72.5 Å². The lowest BCUT2D eigenvalue weighted by Crippen LogP contribution is -2.15. The highest BCUT2D eigenvalue weighted by Crippen LogP contribution is 2.29. The number of carbonyl (C=O) groups is 1. The number of rotatable bonds is 6. The van der Waals surface area contributed by atoms with Crippen molar-refractivity contribution in [3.63, 3.8) is 0 Å². The van der Waals surface area contributed by atoms with E-state index in [2.05, 4.69) is 15.8 Å². The minimum atomic E-state index is -0.426. The normalized spacial score (nSPS) is 10.3. The number of esters is 1. The summed E-state index contributed by atoms with van der Waals surface area (Å²) in [6.07, 6.45) is 1.51. The fourth-order valence-electron chi connectivity index (χ4n) is 2.45. The molecule has 1 heterocycles. The number of anilines is 2. The van der Waals surface area contributed by atoms with Crippen LogP contribution < -0.4 is 15.6 Å². The van der Waals surface area contributed by atoms with Gasteiger partial charge in [-0.2, -0.15) is 0 Å². The van der Waals surface area contributed by atoms with Gasteiger partial charge in [-0.1, -0.05) is 18.2 Å². The first-order valence-electron chi connectivity index (χ1n) is 7.94. The van der Waals surface area contributed by atoms with Crippen LogP contribution in [-0.2, 0) is 4.74 Å². The van der Waals surface area contributed by atoms with Gasteiger partial charge in [-0.25, -0.2) is 4.79 Å². The Kier molecular flexibility index (Phi) is 4.99. The summed E-state index contributed by atoms with van der Waals surface area (Å²) in [5.41, 5.74) is 8.77. The van der Waals surface area contributed by atoms with Crippen molar-refractivity contribution in [3.05, 3.63) is 60.3 Å². The molecule has 0 aliphatic rings. The second-order valence-corrected chi connectivity index (χ2v) is 5.27. The monoisotopic (exact) mass is 337 g/mol. The molecular formula is C19H19N3O3. The Labute approximate surface area is 145 Å². The summed E-state index contributed by atoms with van der Waals surface area (Å²) in [7, 11) is 1.60. The molecule has 0 spiro atoms. The molecule has 25 heavy (non-hydrogen) atoms. The van der Waals surface area contributed by atoms with Crippen LogP contribution in [0.4, 0.5) is 11.4 Å². The molecule has 6 nitrogen and oxygen atoms in total. The number of hydrogen-bond acceptors (Lipinski definition) is 6. The van der Waals surface area contributed by atoms with Gasteiger partial charge in [0.2, 0.25) is 0 Å². The molecule has 0 unspecified atom stereocenters. The van der Waals surface area contributed by atoms with E-state index in [-0.39, 0.29) is 0 Å². The van der Waals surface area contributed by atoms with Crippen LogP contribution in [0.15, 0.2) is 54.7 Å². The van der Waals surface area contributed by atoms with Crippen LogP contribution in [0.2, 0.25) is 0 Å². The van der Waals surface area contributed by atoms with Gasteiger partial charge < -0.3 is 14.9 Å². The van der Waals surface area contributed by atoms with Crippen molar-refractivity contribution in [1.29, 1.82) is 0 Å². The summed E-state index contributed by atoms with van der Waals surface area (Å²) in [5, 5.41) is 0.787. The lowest BCUT2D eigenvalue weighted by molar-refractivity contribution is 0.0527. The number of pyridine rings is 1.